The number of rotatable bonds is 6. The third-order valence-corrected chi connectivity index (χ3v) is 5.63. The lowest BCUT2D eigenvalue weighted by Gasteiger charge is -2.26. The van der Waals surface area contributed by atoms with Gasteiger partial charge in [0.25, 0.3) is 11.6 Å². The van der Waals surface area contributed by atoms with Gasteiger partial charge in [-0.05, 0) is 12.1 Å². The number of benzene rings is 2. The number of amides is 1. The maximum absolute atomic E-state index is 12.6. The van der Waals surface area contributed by atoms with Crippen LogP contribution in [0.15, 0.2) is 48.5 Å². The van der Waals surface area contributed by atoms with E-state index in [-0.39, 0.29) is 17.2 Å². The standard InChI is InChI=1S/C20H19N5O4S/c26-20(24-8-10-29-11-9-24)15-6-7-16(17(12-15)25(27)28)21-13-18-22-23-19(30-18)14-4-2-1-3-5-14/h1-7,12,21H,8-11,13H2. The molecule has 0 aliphatic carbocycles. The van der Waals surface area contributed by atoms with Crippen LogP contribution in [0.5, 0.6) is 0 Å². The minimum atomic E-state index is -0.492. The zero-order valence-electron chi connectivity index (χ0n) is 16.0. The quantitative estimate of drug-likeness (QED) is 0.477. The Morgan fingerprint density at radius 2 is 1.93 bits per heavy atom. The highest BCUT2D eigenvalue weighted by atomic mass is 32.1. The van der Waals surface area contributed by atoms with Gasteiger partial charge in [-0.3, -0.25) is 14.9 Å². The molecule has 1 fully saturated rings. The number of anilines is 1. The van der Waals surface area contributed by atoms with Crippen molar-refractivity contribution >= 4 is 28.6 Å². The van der Waals surface area contributed by atoms with Gasteiger partial charge in [0.05, 0.1) is 24.7 Å². The lowest BCUT2D eigenvalue weighted by atomic mass is 10.1. The molecular weight excluding hydrogens is 406 g/mol. The Hall–Kier alpha value is -3.37. The molecule has 1 saturated heterocycles. The lowest BCUT2D eigenvalue weighted by molar-refractivity contribution is -0.384. The molecule has 9 nitrogen and oxygen atoms in total. The molecule has 0 bridgehead atoms. The summed E-state index contributed by atoms with van der Waals surface area (Å²) >= 11 is 1.42. The number of nitrogens with one attached hydrogen (secondary N) is 1. The summed E-state index contributed by atoms with van der Waals surface area (Å²) in [5.41, 5.74) is 1.44. The van der Waals surface area contributed by atoms with Crippen LogP contribution in [0.4, 0.5) is 11.4 Å². The van der Waals surface area contributed by atoms with Crippen LogP contribution in [0.25, 0.3) is 10.6 Å². The molecule has 0 unspecified atom stereocenters. The van der Waals surface area contributed by atoms with Crippen LogP contribution < -0.4 is 5.32 Å². The Bertz CT molecular complexity index is 1050. The fraction of sp³-hybridized carbons (Fsp3) is 0.250. The van der Waals surface area contributed by atoms with E-state index >= 15 is 0 Å². The van der Waals surface area contributed by atoms with E-state index in [0.29, 0.717) is 43.5 Å². The fourth-order valence-corrected chi connectivity index (χ4v) is 3.89. The number of hydrogen-bond donors (Lipinski definition) is 1. The maximum atomic E-state index is 12.6. The van der Waals surface area contributed by atoms with Crippen LogP contribution in [-0.2, 0) is 11.3 Å². The second-order valence-corrected chi connectivity index (χ2v) is 7.68. The van der Waals surface area contributed by atoms with Gasteiger partial charge in [0.15, 0.2) is 0 Å². The van der Waals surface area contributed by atoms with E-state index in [9.17, 15) is 14.9 Å². The molecule has 4 rings (SSSR count). The van der Waals surface area contributed by atoms with E-state index in [1.165, 1.54) is 17.4 Å². The number of carbonyl (C=O) groups excluding carboxylic acids is 1. The average molecular weight is 425 g/mol. The predicted molar refractivity (Wildman–Crippen MR) is 112 cm³/mol. The Kier molecular flexibility index (Phi) is 5.96. The van der Waals surface area contributed by atoms with E-state index in [4.69, 9.17) is 4.74 Å². The van der Waals surface area contributed by atoms with Crippen LogP contribution >= 0.6 is 11.3 Å². The average Bonchev–Trinajstić information content (AvgIpc) is 3.27. The van der Waals surface area contributed by atoms with Crippen molar-refractivity contribution in [2.75, 3.05) is 31.6 Å². The zero-order valence-corrected chi connectivity index (χ0v) is 16.8. The molecule has 154 valence electrons. The highest BCUT2D eigenvalue weighted by molar-refractivity contribution is 7.14. The molecule has 2 aromatic carbocycles. The molecule has 0 radical (unpaired) electrons. The minimum absolute atomic E-state index is 0.151. The second-order valence-electron chi connectivity index (χ2n) is 6.61. The first-order valence-corrected chi connectivity index (χ1v) is 10.2. The zero-order chi connectivity index (χ0) is 20.9. The van der Waals surface area contributed by atoms with Crippen molar-refractivity contribution in [1.82, 2.24) is 15.1 Å². The normalized spacial score (nSPS) is 13.8. The molecule has 0 spiro atoms. The summed E-state index contributed by atoms with van der Waals surface area (Å²) in [5.74, 6) is -0.232. The Labute approximate surface area is 176 Å². The first kappa shape index (κ1) is 19.9. The molecule has 1 amide bonds. The Morgan fingerprint density at radius 1 is 1.17 bits per heavy atom. The summed E-state index contributed by atoms with van der Waals surface area (Å²) in [4.78, 5) is 25.3. The third-order valence-electron chi connectivity index (χ3n) is 4.66. The van der Waals surface area contributed by atoms with Gasteiger partial charge in [0.1, 0.15) is 15.7 Å². The summed E-state index contributed by atoms with van der Waals surface area (Å²) in [6.45, 7) is 2.20. The number of nitro groups is 1. The third kappa shape index (κ3) is 4.44. The molecule has 0 saturated carbocycles. The molecule has 1 aliphatic rings. The van der Waals surface area contributed by atoms with Crippen molar-refractivity contribution in [2.45, 2.75) is 6.54 Å². The fourth-order valence-electron chi connectivity index (χ4n) is 3.11. The van der Waals surface area contributed by atoms with Crippen LogP contribution in [0.1, 0.15) is 15.4 Å². The summed E-state index contributed by atoms with van der Waals surface area (Å²) in [6.07, 6.45) is 0. The molecule has 2 heterocycles. The number of nitro benzene ring substituents is 1. The molecule has 30 heavy (non-hydrogen) atoms. The van der Waals surface area contributed by atoms with Gasteiger partial charge >= 0.3 is 0 Å². The molecule has 10 heteroatoms. The highest BCUT2D eigenvalue weighted by Crippen LogP contribution is 2.28. The van der Waals surface area contributed by atoms with Crippen molar-refractivity contribution < 1.29 is 14.5 Å². The number of carbonyl (C=O) groups is 1. The number of ether oxygens (including phenoxy) is 1. The number of nitrogens with zero attached hydrogens (tertiary/aromatic N) is 4. The van der Waals surface area contributed by atoms with Crippen molar-refractivity contribution in [3.05, 3.63) is 69.2 Å². The minimum Gasteiger partial charge on any atom is -0.378 e. The van der Waals surface area contributed by atoms with E-state index in [0.717, 1.165) is 10.6 Å². The lowest BCUT2D eigenvalue weighted by Crippen LogP contribution is -2.40. The molecule has 1 aliphatic heterocycles. The van der Waals surface area contributed by atoms with Crippen molar-refractivity contribution in [3.8, 4) is 10.6 Å². The van der Waals surface area contributed by atoms with Gasteiger partial charge in [0.2, 0.25) is 0 Å². The van der Waals surface area contributed by atoms with E-state index in [1.807, 2.05) is 30.3 Å². The van der Waals surface area contributed by atoms with Gasteiger partial charge in [-0.15, -0.1) is 10.2 Å². The monoisotopic (exact) mass is 425 g/mol. The number of morpholine rings is 1. The van der Waals surface area contributed by atoms with Crippen LogP contribution in [0.2, 0.25) is 0 Å². The van der Waals surface area contributed by atoms with E-state index < -0.39 is 4.92 Å². The van der Waals surface area contributed by atoms with Gasteiger partial charge in [-0.1, -0.05) is 41.7 Å². The van der Waals surface area contributed by atoms with Crippen LogP contribution in [0.3, 0.4) is 0 Å². The van der Waals surface area contributed by atoms with Crippen molar-refractivity contribution in [3.63, 3.8) is 0 Å². The van der Waals surface area contributed by atoms with Gasteiger partial charge < -0.3 is 15.0 Å². The Morgan fingerprint density at radius 3 is 2.67 bits per heavy atom. The first-order chi connectivity index (χ1) is 14.6. The summed E-state index contributed by atoms with van der Waals surface area (Å²) in [7, 11) is 0. The Balaban J connectivity index is 1.48. The van der Waals surface area contributed by atoms with Crippen LogP contribution in [-0.4, -0.2) is 52.2 Å². The van der Waals surface area contributed by atoms with Crippen molar-refractivity contribution in [2.24, 2.45) is 0 Å². The first-order valence-electron chi connectivity index (χ1n) is 9.39. The van der Waals surface area contributed by atoms with E-state index in [2.05, 4.69) is 15.5 Å². The maximum Gasteiger partial charge on any atom is 0.293 e. The highest BCUT2D eigenvalue weighted by Gasteiger charge is 2.22. The van der Waals surface area contributed by atoms with Gasteiger partial charge in [-0.25, -0.2) is 0 Å². The summed E-state index contributed by atoms with van der Waals surface area (Å²) in [6, 6.07) is 14.2. The number of aromatic nitrogens is 2. The SMILES string of the molecule is O=C(c1ccc(NCc2nnc(-c3ccccc3)s2)c([N+](=O)[O-])c1)N1CCOCC1. The molecule has 0 atom stereocenters. The largest absolute Gasteiger partial charge is 0.378 e. The van der Waals surface area contributed by atoms with Crippen LogP contribution in [0, 0.1) is 10.1 Å². The van der Waals surface area contributed by atoms with Gasteiger partial charge in [0, 0.05) is 30.3 Å². The predicted octanol–water partition coefficient (Wildman–Crippen LogP) is 3.20. The topological polar surface area (TPSA) is 110 Å². The molecule has 1 aromatic heterocycles. The van der Waals surface area contributed by atoms with Crippen molar-refractivity contribution in [1.29, 1.82) is 0 Å². The molecular formula is C20H19N5O4S. The second kappa shape index (κ2) is 8.97. The van der Waals surface area contributed by atoms with E-state index in [1.54, 1.807) is 17.0 Å². The van der Waals surface area contributed by atoms with Gasteiger partial charge in [-0.2, -0.15) is 0 Å². The smallest absolute Gasteiger partial charge is 0.293 e. The molecule has 1 N–H and O–H groups in total. The summed E-state index contributed by atoms with van der Waals surface area (Å²) < 4.78 is 5.25. The number of hydrogen-bond acceptors (Lipinski definition) is 8. The summed E-state index contributed by atoms with van der Waals surface area (Å²) in [5, 5.41) is 24.4. The molecule has 3 aromatic rings.